The number of aromatic nitrogens is 1. The first-order valence-electron chi connectivity index (χ1n) is 4.40. The first-order chi connectivity index (χ1) is 6.02. The monoisotopic (exact) mass is 198 g/mol. The van der Waals surface area contributed by atoms with Crippen LogP contribution in [0.4, 0.5) is 0 Å². The molecular weight excluding hydrogens is 184 g/mol. The van der Waals surface area contributed by atoms with Crippen molar-refractivity contribution in [3.05, 3.63) is 28.5 Å². The van der Waals surface area contributed by atoms with E-state index in [0.717, 1.165) is 11.3 Å². The summed E-state index contributed by atoms with van der Waals surface area (Å²) in [6.07, 6.45) is 1.77. The van der Waals surface area contributed by atoms with Crippen molar-refractivity contribution >= 4 is 11.6 Å². The maximum atomic E-state index is 6.05. The minimum Gasteiger partial charge on any atom is -0.324 e. The Hall–Kier alpha value is -0.600. The van der Waals surface area contributed by atoms with Gasteiger partial charge < -0.3 is 5.73 Å². The highest BCUT2D eigenvalue weighted by molar-refractivity contribution is 6.31. The Morgan fingerprint density at radius 1 is 1.46 bits per heavy atom. The summed E-state index contributed by atoms with van der Waals surface area (Å²) in [6, 6.07) is 1.82. The number of hydrogen-bond donors (Lipinski definition) is 1. The van der Waals surface area contributed by atoms with Crippen molar-refractivity contribution in [1.82, 2.24) is 4.98 Å². The van der Waals surface area contributed by atoms with Crippen LogP contribution in [0.2, 0.25) is 5.02 Å². The molecule has 0 aliphatic rings. The molecular formula is C10H15ClN2. The van der Waals surface area contributed by atoms with Crippen molar-refractivity contribution in [2.45, 2.75) is 26.8 Å². The van der Waals surface area contributed by atoms with Gasteiger partial charge in [-0.05, 0) is 18.9 Å². The van der Waals surface area contributed by atoms with Gasteiger partial charge in [0.2, 0.25) is 0 Å². The Balaban J connectivity index is 3.01. The van der Waals surface area contributed by atoms with Gasteiger partial charge in [0.1, 0.15) is 0 Å². The average Bonchev–Trinajstić information content (AvgIpc) is 2.03. The number of hydrogen-bond acceptors (Lipinski definition) is 2. The quantitative estimate of drug-likeness (QED) is 0.794. The molecule has 1 atom stereocenters. The van der Waals surface area contributed by atoms with Crippen LogP contribution in [0.3, 0.4) is 0 Å². The Kier molecular flexibility index (Phi) is 3.28. The lowest BCUT2D eigenvalue weighted by atomic mass is 9.98. The summed E-state index contributed by atoms with van der Waals surface area (Å²) in [5, 5.41) is 0.716. The average molecular weight is 199 g/mol. The molecule has 3 heteroatoms. The molecule has 0 saturated carbocycles. The fourth-order valence-corrected chi connectivity index (χ4v) is 1.47. The highest BCUT2D eigenvalue weighted by atomic mass is 35.5. The second-order valence-electron chi connectivity index (χ2n) is 3.62. The Morgan fingerprint density at radius 3 is 2.54 bits per heavy atom. The van der Waals surface area contributed by atoms with E-state index in [2.05, 4.69) is 18.8 Å². The molecule has 1 aromatic heterocycles. The Bertz CT molecular complexity index is 297. The summed E-state index contributed by atoms with van der Waals surface area (Å²) >= 11 is 6.05. The maximum Gasteiger partial charge on any atom is 0.0487 e. The van der Waals surface area contributed by atoms with E-state index in [1.165, 1.54) is 0 Å². The van der Waals surface area contributed by atoms with Gasteiger partial charge >= 0.3 is 0 Å². The van der Waals surface area contributed by atoms with Gasteiger partial charge in [-0.25, -0.2) is 0 Å². The summed E-state index contributed by atoms with van der Waals surface area (Å²) in [6.45, 7) is 6.05. The summed E-state index contributed by atoms with van der Waals surface area (Å²) in [7, 11) is 0. The summed E-state index contributed by atoms with van der Waals surface area (Å²) in [5.41, 5.74) is 7.82. The third-order valence-corrected chi connectivity index (χ3v) is 2.42. The predicted octanol–water partition coefficient (Wildman–Crippen LogP) is 2.70. The Labute approximate surface area is 84.1 Å². The fourth-order valence-electron chi connectivity index (χ4n) is 1.14. The van der Waals surface area contributed by atoms with Gasteiger partial charge in [0.05, 0.1) is 0 Å². The molecule has 2 N–H and O–H groups in total. The standard InChI is InChI=1S/C10H15ClN2/c1-6(2)10(12)8-5-13-7(3)4-9(8)11/h4-6,10H,12H2,1-3H3/t10-/m1/s1. The SMILES string of the molecule is Cc1cc(Cl)c([C@H](N)C(C)C)cn1. The zero-order valence-electron chi connectivity index (χ0n) is 8.21. The van der Waals surface area contributed by atoms with Crippen LogP contribution in [0.25, 0.3) is 0 Å². The van der Waals surface area contributed by atoms with Gasteiger partial charge in [-0.15, -0.1) is 0 Å². The van der Waals surface area contributed by atoms with Crippen molar-refractivity contribution in [3.63, 3.8) is 0 Å². The number of pyridine rings is 1. The van der Waals surface area contributed by atoms with Crippen LogP contribution in [0.5, 0.6) is 0 Å². The van der Waals surface area contributed by atoms with Crippen LogP contribution in [-0.4, -0.2) is 4.98 Å². The first-order valence-corrected chi connectivity index (χ1v) is 4.77. The van der Waals surface area contributed by atoms with Gasteiger partial charge in [0.15, 0.2) is 0 Å². The fraction of sp³-hybridized carbons (Fsp3) is 0.500. The van der Waals surface area contributed by atoms with Crippen molar-refractivity contribution in [2.75, 3.05) is 0 Å². The van der Waals surface area contributed by atoms with Crippen LogP contribution in [0, 0.1) is 12.8 Å². The number of nitrogens with zero attached hydrogens (tertiary/aromatic N) is 1. The molecule has 0 spiro atoms. The van der Waals surface area contributed by atoms with E-state index in [-0.39, 0.29) is 6.04 Å². The van der Waals surface area contributed by atoms with Crippen LogP contribution in [0.15, 0.2) is 12.3 Å². The summed E-state index contributed by atoms with van der Waals surface area (Å²) in [5.74, 6) is 0.377. The minimum atomic E-state index is -0.0272. The molecule has 1 aromatic rings. The van der Waals surface area contributed by atoms with E-state index in [0.29, 0.717) is 10.9 Å². The van der Waals surface area contributed by atoms with Crippen molar-refractivity contribution in [3.8, 4) is 0 Å². The lowest BCUT2D eigenvalue weighted by Gasteiger charge is -2.16. The van der Waals surface area contributed by atoms with Gasteiger partial charge in [-0.2, -0.15) is 0 Å². The van der Waals surface area contributed by atoms with Crippen molar-refractivity contribution in [2.24, 2.45) is 11.7 Å². The zero-order valence-corrected chi connectivity index (χ0v) is 8.97. The molecule has 0 bridgehead atoms. The van der Waals surface area contributed by atoms with Crippen molar-refractivity contribution < 1.29 is 0 Å². The molecule has 1 heterocycles. The molecule has 0 fully saturated rings. The van der Waals surface area contributed by atoms with Gasteiger partial charge in [0, 0.05) is 28.5 Å². The second-order valence-corrected chi connectivity index (χ2v) is 4.02. The molecule has 13 heavy (non-hydrogen) atoms. The summed E-state index contributed by atoms with van der Waals surface area (Å²) in [4.78, 5) is 4.18. The third-order valence-electron chi connectivity index (χ3n) is 2.10. The number of aryl methyl sites for hydroxylation is 1. The molecule has 0 amide bonds. The molecule has 2 nitrogen and oxygen atoms in total. The van der Waals surface area contributed by atoms with Crippen LogP contribution in [-0.2, 0) is 0 Å². The molecule has 0 radical (unpaired) electrons. The van der Waals surface area contributed by atoms with E-state index in [1.54, 1.807) is 6.20 Å². The summed E-state index contributed by atoms with van der Waals surface area (Å²) < 4.78 is 0. The van der Waals surface area contributed by atoms with E-state index in [9.17, 15) is 0 Å². The highest BCUT2D eigenvalue weighted by Gasteiger charge is 2.13. The maximum absolute atomic E-state index is 6.05. The van der Waals surface area contributed by atoms with E-state index < -0.39 is 0 Å². The number of halogens is 1. The first kappa shape index (κ1) is 10.5. The topological polar surface area (TPSA) is 38.9 Å². The Morgan fingerprint density at radius 2 is 2.08 bits per heavy atom. The lowest BCUT2D eigenvalue weighted by Crippen LogP contribution is -2.17. The van der Waals surface area contributed by atoms with Crippen LogP contribution in [0.1, 0.15) is 31.1 Å². The molecule has 0 unspecified atom stereocenters. The van der Waals surface area contributed by atoms with Crippen LogP contribution < -0.4 is 5.73 Å². The molecule has 0 aliphatic heterocycles. The highest BCUT2D eigenvalue weighted by Crippen LogP contribution is 2.25. The molecule has 0 aliphatic carbocycles. The van der Waals surface area contributed by atoms with Gasteiger partial charge in [0.25, 0.3) is 0 Å². The zero-order chi connectivity index (χ0) is 10.0. The van der Waals surface area contributed by atoms with E-state index in [1.807, 2.05) is 13.0 Å². The smallest absolute Gasteiger partial charge is 0.0487 e. The third kappa shape index (κ3) is 2.42. The second kappa shape index (κ2) is 4.07. The largest absolute Gasteiger partial charge is 0.324 e. The predicted molar refractivity (Wildman–Crippen MR) is 55.8 cm³/mol. The molecule has 72 valence electrons. The van der Waals surface area contributed by atoms with E-state index >= 15 is 0 Å². The van der Waals surface area contributed by atoms with E-state index in [4.69, 9.17) is 17.3 Å². The number of nitrogens with two attached hydrogens (primary N) is 1. The lowest BCUT2D eigenvalue weighted by molar-refractivity contribution is 0.513. The normalized spacial score (nSPS) is 13.4. The molecule has 0 saturated heterocycles. The number of rotatable bonds is 2. The van der Waals surface area contributed by atoms with Gasteiger partial charge in [-0.3, -0.25) is 4.98 Å². The van der Waals surface area contributed by atoms with Crippen molar-refractivity contribution in [1.29, 1.82) is 0 Å². The van der Waals surface area contributed by atoms with Gasteiger partial charge in [-0.1, -0.05) is 25.4 Å². The molecule has 1 rings (SSSR count). The minimum absolute atomic E-state index is 0.0272. The van der Waals surface area contributed by atoms with Crippen LogP contribution >= 0.6 is 11.6 Å². The molecule has 0 aromatic carbocycles.